The van der Waals surface area contributed by atoms with Crippen molar-refractivity contribution in [3.05, 3.63) is 54.1 Å². The fourth-order valence-corrected chi connectivity index (χ4v) is 4.36. The van der Waals surface area contributed by atoms with Gasteiger partial charge in [0.05, 0.1) is 25.1 Å². The number of guanidine groups is 1. The number of methoxy groups -OCH3 is 1. The fourth-order valence-electron chi connectivity index (χ4n) is 2.80. The average Bonchev–Trinajstić information content (AvgIpc) is 2.99. The zero-order chi connectivity index (χ0) is 18.6. The number of sulfonamides is 1. The van der Waals surface area contributed by atoms with Crippen molar-refractivity contribution in [2.45, 2.75) is 13.0 Å². The Balaban J connectivity index is 1.69. The van der Waals surface area contributed by atoms with Gasteiger partial charge in [-0.05, 0) is 36.2 Å². The smallest absolute Gasteiger partial charge is 0.235 e. The molecule has 1 heterocycles. The predicted octanol–water partition coefficient (Wildman–Crippen LogP) is 2.16. The third-order valence-corrected chi connectivity index (χ3v) is 5.94. The van der Waals surface area contributed by atoms with Crippen LogP contribution in [0.25, 0.3) is 0 Å². The molecule has 138 valence electrons. The Kier molecular flexibility index (Phi) is 5.32. The first-order chi connectivity index (χ1) is 12.5. The van der Waals surface area contributed by atoms with E-state index in [1.807, 2.05) is 42.5 Å². The molecule has 2 aromatic rings. The molecular formula is C18H22N4O3S. The largest absolute Gasteiger partial charge is 0.497 e. The van der Waals surface area contributed by atoms with Gasteiger partial charge in [0.15, 0.2) is 5.96 Å². The molecule has 0 saturated carbocycles. The van der Waals surface area contributed by atoms with Crippen LogP contribution in [-0.4, -0.2) is 33.8 Å². The van der Waals surface area contributed by atoms with Crippen molar-refractivity contribution < 1.29 is 13.2 Å². The van der Waals surface area contributed by atoms with Gasteiger partial charge in [0.1, 0.15) is 5.75 Å². The summed E-state index contributed by atoms with van der Waals surface area (Å²) in [5.74, 6) is 1.20. The molecule has 1 saturated heterocycles. The number of nitrogens with one attached hydrogen (secondary N) is 1. The van der Waals surface area contributed by atoms with Gasteiger partial charge >= 0.3 is 0 Å². The molecule has 26 heavy (non-hydrogen) atoms. The third-order valence-electron chi connectivity index (χ3n) is 4.07. The summed E-state index contributed by atoms with van der Waals surface area (Å²) in [7, 11) is -1.59. The van der Waals surface area contributed by atoms with Crippen molar-refractivity contribution in [3.63, 3.8) is 0 Å². The van der Waals surface area contributed by atoms with E-state index in [0.29, 0.717) is 25.2 Å². The number of benzene rings is 2. The summed E-state index contributed by atoms with van der Waals surface area (Å²) in [5, 5.41) is 3.01. The standard InChI is InChI=1S/C18H22N4O3S/c1-25-17-8-3-6-15(12-17)21-18(19)20-13-14-5-2-7-16(11-14)22-9-4-10-26(22,23)24/h2-3,5-8,11-12H,4,9-10,13H2,1H3,(H3,19,20,21). The molecule has 0 radical (unpaired) electrons. The Morgan fingerprint density at radius 2 is 2.08 bits per heavy atom. The van der Waals surface area contributed by atoms with Crippen LogP contribution in [0.5, 0.6) is 5.75 Å². The van der Waals surface area contributed by atoms with Gasteiger partial charge < -0.3 is 15.8 Å². The first-order valence-corrected chi connectivity index (χ1v) is 9.89. The molecular weight excluding hydrogens is 352 g/mol. The number of nitrogens with two attached hydrogens (primary N) is 1. The zero-order valence-electron chi connectivity index (χ0n) is 14.6. The Hall–Kier alpha value is -2.74. The summed E-state index contributed by atoms with van der Waals surface area (Å²) in [4.78, 5) is 4.32. The average molecular weight is 374 g/mol. The lowest BCUT2D eigenvalue weighted by Gasteiger charge is -2.17. The predicted molar refractivity (Wildman–Crippen MR) is 104 cm³/mol. The monoisotopic (exact) mass is 374 g/mol. The van der Waals surface area contributed by atoms with Gasteiger partial charge in [-0.25, -0.2) is 13.4 Å². The van der Waals surface area contributed by atoms with Gasteiger partial charge in [-0.3, -0.25) is 4.31 Å². The van der Waals surface area contributed by atoms with Gasteiger partial charge in [0.25, 0.3) is 0 Å². The van der Waals surface area contributed by atoms with Crippen molar-refractivity contribution in [1.29, 1.82) is 0 Å². The van der Waals surface area contributed by atoms with Crippen molar-refractivity contribution in [2.24, 2.45) is 10.7 Å². The van der Waals surface area contributed by atoms with Crippen LogP contribution in [-0.2, 0) is 16.6 Å². The van der Waals surface area contributed by atoms with E-state index >= 15 is 0 Å². The molecule has 1 aliphatic heterocycles. The normalized spacial score (nSPS) is 16.5. The summed E-state index contributed by atoms with van der Waals surface area (Å²) in [6, 6.07) is 14.8. The van der Waals surface area contributed by atoms with E-state index in [2.05, 4.69) is 10.3 Å². The second-order valence-corrected chi connectivity index (χ2v) is 7.98. The second-order valence-electron chi connectivity index (χ2n) is 5.97. The highest BCUT2D eigenvalue weighted by molar-refractivity contribution is 7.93. The Morgan fingerprint density at radius 1 is 1.27 bits per heavy atom. The maximum absolute atomic E-state index is 12.1. The Bertz CT molecular complexity index is 912. The van der Waals surface area contributed by atoms with Crippen molar-refractivity contribution in [2.75, 3.05) is 29.0 Å². The van der Waals surface area contributed by atoms with Gasteiger partial charge in [0, 0.05) is 18.3 Å². The number of hydrogen-bond donors (Lipinski definition) is 2. The molecule has 0 unspecified atom stereocenters. The van der Waals surface area contributed by atoms with Crippen LogP contribution < -0.4 is 20.1 Å². The van der Waals surface area contributed by atoms with E-state index < -0.39 is 10.0 Å². The van der Waals surface area contributed by atoms with E-state index in [1.54, 1.807) is 13.2 Å². The highest BCUT2D eigenvalue weighted by Gasteiger charge is 2.28. The second kappa shape index (κ2) is 7.65. The van der Waals surface area contributed by atoms with Gasteiger partial charge in [-0.2, -0.15) is 0 Å². The first-order valence-electron chi connectivity index (χ1n) is 8.28. The highest BCUT2D eigenvalue weighted by atomic mass is 32.2. The van der Waals surface area contributed by atoms with Crippen LogP contribution >= 0.6 is 0 Å². The van der Waals surface area contributed by atoms with Crippen LogP contribution in [0.15, 0.2) is 53.5 Å². The van der Waals surface area contributed by atoms with E-state index in [0.717, 1.165) is 17.0 Å². The molecule has 2 aromatic carbocycles. The molecule has 0 spiro atoms. The highest BCUT2D eigenvalue weighted by Crippen LogP contribution is 2.25. The minimum absolute atomic E-state index is 0.201. The number of rotatable bonds is 5. The molecule has 8 heteroatoms. The topological polar surface area (TPSA) is 97.0 Å². The van der Waals surface area contributed by atoms with Crippen LogP contribution in [0, 0.1) is 0 Å². The third kappa shape index (κ3) is 4.26. The van der Waals surface area contributed by atoms with Crippen molar-refractivity contribution in [3.8, 4) is 5.75 Å². The quantitative estimate of drug-likeness (QED) is 0.617. The summed E-state index contributed by atoms with van der Waals surface area (Å²) in [6.45, 7) is 0.874. The number of nitrogens with zero attached hydrogens (tertiary/aromatic N) is 2. The molecule has 0 bridgehead atoms. The maximum Gasteiger partial charge on any atom is 0.235 e. The molecule has 1 aliphatic rings. The fraction of sp³-hybridized carbons (Fsp3) is 0.278. The number of aliphatic imine (C=N–C) groups is 1. The van der Waals surface area contributed by atoms with Gasteiger partial charge in [-0.1, -0.05) is 18.2 Å². The van der Waals surface area contributed by atoms with E-state index in [1.165, 1.54) is 4.31 Å². The van der Waals surface area contributed by atoms with Crippen LogP contribution in [0.4, 0.5) is 11.4 Å². The summed E-state index contributed by atoms with van der Waals surface area (Å²) >= 11 is 0. The molecule has 0 aliphatic carbocycles. The van der Waals surface area contributed by atoms with E-state index in [9.17, 15) is 8.42 Å². The molecule has 0 atom stereocenters. The zero-order valence-corrected chi connectivity index (χ0v) is 15.4. The first kappa shape index (κ1) is 18.1. The molecule has 7 nitrogen and oxygen atoms in total. The van der Waals surface area contributed by atoms with Gasteiger partial charge in [0.2, 0.25) is 10.0 Å². The van der Waals surface area contributed by atoms with Crippen LogP contribution in [0.2, 0.25) is 0 Å². The van der Waals surface area contributed by atoms with E-state index in [-0.39, 0.29) is 11.7 Å². The Labute approximate surface area is 153 Å². The molecule has 3 N–H and O–H groups in total. The lowest BCUT2D eigenvalue weighted by Crippen LogP contribution is -2.25. The summed E-state index contributed by atoms with van der Waals surface area (Å²) in [6.07, 6.45) is 0.655. The number of hydrogen-bond acceptors (Lipinski definition) is 4. The lowest BCUT2D eigenvalue weighted by molar-refractivity contribution is 0.415. The lowest BCUT2D eigenvalue weighted by atomic mass is 10.2. The molecule has 0 amide bonds. The molecule has 0 aromatic heterocycles. The van der Waals surface area contributed by atoms with Crippen LogP contribution in [0.3, 0.4) is 0 Å². The summed E-state index contributed by atoms with van der Waals surface area (Å²) < 4.78 is 30.7. The minimum Gasteiger partial charge on any atom is -0.497 e. The van der Waals surface area contributed by atoms with Crippen LogP contribution in [0.1, 0.15) is 12.0 Å². The summed E-state index contributed by atoms with van der Waals surface area (Å²) in [5.41, 5.74) is 8.28. The van der Waals surface area contributed by atoms with E-state index in [4.69, 9.17) is 10.5 Å². The Morgan fingerprint density at radius 3 is 2.81 bits per heavy atom. The number of anilines is 2. The van der Waals surface area contributed by atoms with Crippen molar-refractivity contribution in [1.82, 2.24) is 0 Å². The molecule has 1 fully saturated rings. The van der Waals surface area contributed by atoms with Crippen molar-refractivity contribution >= 4 is 27.4 Å². The molecule has 3 rings (SSSR count). The van der Waals surface area contributed by atoms with Gasteiger partial charge in [-0.15, -0.1) is 0 Å². The SMILES string of the molecule is COc1cccc(NC(N)=NCc2cccc(N3CCCS3(=O)=O)c2)c1. The maximum atomic E-state index is 12.1. The minimum atomic E-state index is -3.19. The number of ether oxygens (including phenoxy) is 1.